The average Bonchev–Trinajstić information content (AvgIpc) is 2.88. The molecule has 3 aromatic carbocycles. The molecule has 0 aliphatic rings. The van der Waals surface area contributed by atoms with Crippen LogP contribution in [0.25, 0.3) is 11.4 Å². The number of rotatable bonds is 9. The van der Waals surface area contributed by atoms with Crippen molar-refractivity contribution in [3.8, 4) is 11.4 Å². The zero-order valence-electron chi connectivity index (χ0n) is 18.7. The SMILES string of the molecule is C=CCCN(Cc1ccccc1)c1c(C=O)c(=O)n(-c2ccccc2)c(=O)n1-c1ccccc1. The predicted octanol–water partition coefficient (Wildman–Crippen LogP) is 4.38. The maximum absolute atomic E-state index is 13.9. The van der Waals surface area contributed by atoms with Gasteiger partial charge in [0.05, 0.1) is 11.4 Å². The highest BCUT2D eigenvalue weighted by Gasteiger charge is 2.25. The van der Waals surface area contributed by atoms with Gasteiger partial charge in [-0.1, -0.05) is 72.8 Å². The van der Waals surface area contributed by atoms with Crippen molar-refractivity contribution in [1.29, 1.82) is 0 Å². The first-order chi connectivity index (χ1) is 16.7. The monoisotopic (exact) mass is 451 g/mol. The molecule has 34 heavy (non-hydrogen) atoms. The van der Waals surface area contributed by atoms with Gasteiger partial charge in [-0.05, 0) is 36.2 Å². The van der Waals surface area contributed by atoms with Gasteiger partial charge in [-0.2, -0.15) is 0 Å². The number of para-hydroxylation sites is 2. The molecule has 1 aromatic heterocycles. The van der Waals surface area contributed by atoms with E-state index in [2.05, 4.69) is 6.58 Å². The van der Waals surface area contributed by atoms with E-state index in [0.29, 0.717) is 37.2 Å². The van der Waals surface area contributed by atoms with Crippen LogP contribution in [-0.4, -0.2) is 22.0 Å². The zero-order valence-corrected chi connectivity index (χ0v) is 18.7. The summed E-state index contributed by atoms with van der Waals surface area (Å²) in [6.07, 6.45) is 2.92. The Bertz CT molecular complexity index is 1390. The molecule has 0 saturated carbocycles. The van der Waals surface area contributed by atoms with Gasteiger partial charge in [0, 0.05) is 13.1 Å². The second kappa shape index (κ2) is 10.4. The molecule has 6 heteroatoms. The lowest BCUT2D eigenvalue weighted by atomic mass is 10.1. The lowest BCUT2D eigenvalue weighted by Crippen LogP contribution is -2.44. The van der Waals surface area contributed by atoms with Crippen LogP contribution in [-0.2, 0) is 6.54 Å². The van der Waals surface area contributed by atoms with Gasteiger partial charge in [0.25, 0.3) is 5.56 Å². The van der Waals surface area contributed by atoms with E-state index >= 15 is 0 Å². The van der Waals surface area contributed by atoms with E-state index in [-0.39, 0.29) is 11.4 Å². The van der Waals surface area contributed by atoms with Crippen LogP contribution in [0.4, 0.5) is 5.82 Å². The Balaban J connectivity index is 2.05. The molecule has 0 aliphatic carbocycles. The van der Waals surface area contributed by atoms with Gasteiger partial charge in [-0.25, -0.2) is 13.9 Å². The minimum atomic E-state index is -0.648. The molecule has 0 atom stereocenters. The Morgan fingerprint density at radius 1 is 0.765 bits per heavy atom. The fourth-order valence-electron chi connectivity index (χ4n) is 3.95. The summed E-state index contributed by atoms with van der Waals surface area (Å²) in [6.45, 7) is 4.70. The van der Waals surface area contributed by atoms with Crippen molar-refractivity contribution in [3.05, 3.63) is 136 Å². The van der Waals surface area contributed by atoms with E-state index < -0.39 is 11.2 Å². The molecule has 0 N–H and O–H groups in total. The number of aldehydes is 1. The molecule has 1 heterocycles. The third-order valence-corrected chi connectivity index (χ3v) is 5.53. The summed E-state index contributed by atoms with van der Waals surface area (Å²) < 4.78 is 2.50. The number of hydrogen-bond acceptors (Lipinski definition) is 4. The van der Waals surface area contributed by atoms with Crippen LogP contribution in [0.15, 0.2) is 113 Å². The second-order valence-corrected chi connectivity index (χ2v) is 7.77. The maximum atomic E-state index is 13.9. The first kappa shape index (κ1) is 22.7. The summed E-state index contributed by atoms with van der Waals surface area (Å²) in [6, 6.07) is 27.4. The van der Waals surface area contributed by atoms with Crippen LogP contribution in [0.2, 0.25) is 0 Å². The third kappa shape index (κ3) is 4.52. The van der Waals surface area contributed by atoms with Gasteiger partial charge in [0.15, 0.2) is 6.29 Å². The number of carbonyl (C=O) groups is 1. The lowest BCUT2D eigenvalue weighted by molar-refractivity contribution is 0.112. The Kier molecular flexibility index (Phi) is 6.98. The van der Waals surface area contributed by atoms with Crippen LogP contribution in [0.5, 0.6) is 0 Å². The standard InChI is InChI=1S/C28H25N3O3/c1-2-3-19-29(20-22-13-7-4-8-14-22)26-25(21-32)27(33)31(24-17-11-6-12-18-24)28(34)30(26)23-15-9-5-10-16-23/h2,4-18,21H,1,3,19-20H2. The van der Waals surface area contributed by atoms with Crippen molar-refractivity contribution < 1.29 is 4.79 Å². The minimum absolute atomic E-state index is 0.0766. The Hall–Kier alpha value is -4.45. The molecule has 6 nitrogen and oxygen atoms in total. The topological polar surface area (TPSA) is 64.3 Å². The molecule has 0 unspecified atom stereocenters. The highest BCUT2D eigenvalue weighted by molar-refractivity contribution is 5.83. The molecule has 0 radical (unpaired) electrons. The summed E-state index contributed by atoms with van der Waals surface area (Å²) >= 11 is 0. The Labute approximate surface area is 197 Å². The molecule has 0 bridgehead atoms. The molecule has 0 aliphatic heterocycles. The van der Waals surface area contributed by atoms with Gasteiger partial charge in [-0.3, -0.25) is 9.59 Å². The zero-order chi connectivity index (χ0) is 23.9. The smallest absolute Gasteiger partial charge is 0.341 e. The van der Waals surface area contributed by atoms with E-state index in [0.717, 1.165) is 10.1 Å². The minimum Gasteiger partial charge on any atom is -0.352 e. The molecule has 4 rings (SSSR count). The van der Waals surface area contributed by atoms with Gasteiger partial charge in [0.2, 0.25) is 0 Å². The predicted molar refractivity (Wildman–Crippen MR) is 135 cm³/mol. The van der Waals surface area contributed by atoms with Crippen LogP contribution in [0.3, 0.4) is 0 Å². The lowest BCUT2D eigenvalue weighted by Gasteiger charge is -2.29. The number of anilines is 1. The van der Waals surface area contributed by atoms with Crippen LogP contribution >= 0.6 is 0 Å². The van der Waals surface area contributed by atoms with Crippen LogP contribution in [0.1, 0.15) is 22.3 Å². The molecule has 170 valence electrons. The Morgan fingerprint density at radius 3 is 1.82 bits per heavy atom. The van der Waals surface area contributed by atoms with Crippen molar-refractivity contribution in [3.63, 3.8) is 0 Å². The highest BCUT2D eigenvalue weighted by Crippen LogP contribution is 2.23. The maximum Gasteiger partial charge on any atom is 0.341 e. The van der Waals surface area contributed by atoms with Gasteiger partial charge >= 0.3 is 5.69 Å². The number of hydrogen-bond donors (Lipinski definition) is 0. The summed E-state index contributed by atoms with van der Waals surface area (Å²) in [5.74, 6) is 0.272. The van der Waals surface area contributed by atoms with Crippen molar-refractivity contribution >= 4 is 12.1 Å². The van der Waals surface area contributed by atoms with Crippen LogP contribution in [0, 0.1) is 0 Å². The first-order valence-electron chi connectivity index (χ1n) is 11.0. The second-order valence-electron chi connectivity index (χ2n) is 7.77. The first-order valence-corrected chi connectivity index (χ1v) is 11.0. The van der Waals surface area contributed by atoms with E-state index in [1.807, 2.05) is 53.4 Å². The molecular weight excluding hydrogens is 426 g/mol. The largest absolute Gasteiger partial charge is 0.352 e. The van der Waals surface area contributed by atoms with Gasteiger partial charge in [-0.15, -0.1) is 6.58 Å². The summed E-state index contributed by atoms with van der Waals surface area (Å²) in [5.41, 5.74) is 0.684. The highest BCUT2D eigenvalue weighted by atomic mass is 16.2. The number of benzene rings is 3. The molecule has 4 aromatic rings. The van der Waals surface area contributed by atoms with Gasteiger partial charge < -0.3 is 4.90 Å². The Morgan fingerprint density at radius 2 is 1.29 bits per heavy atom. The fraction of sp³-hybridized carbons (Fsp3) is 0.107. The summed E-state index contributed by atoms with van der Waals surface area (Å²) in [7, 11) is 0. The average molecular weight is 452 g/mol. The third-order valence-electron chi connectivity index (χ3n) is 5.53. The van der Waals surface area contributed by atoms with E-state index in [1.54, 1.807) is 48.5 Å². The van der Waals surface area contributed by atoms with Crippen LogP contribution < -0.4 is 16.1 Å². The summed E-state index contributed by atoms with van der Waals surface area (Å²) in [4.78, 5) is 41.7. The molecule has 0 amide bonds. The van der Waals surface area contributed by atoms with Gasteiger partial charge in [0.1, 0.15) is 11.4 Å². The van der Waals surface area contributed by atoms with Crippen molar-refractivity contribution in [2.75, 3.05) is 11.4 Å². The quantitative estimate of drug-likeness (QED) is 0.280. The van der Waals surface area contributed by atoms with E-state index in [9.17, 15) is 14.4 Å². The molecule has 0 spiro atoms. The van der Waals surface area contributed by atoms with Crippen molar-refractivity contribution in [2.24, 2.45) is 0 Å². The number of aromatic nitrogens is 2. The molecule has 0 fully saturated rings. The van der Waals surface area contributed by atoms with Crippen molar-refractivity contribution in [2.45, 2.75) is 13.0 Å². The van der Waals surface area contributed by atoms with E-state index in [4.69, 9.17) is 0 Å². The normalized spacial score (nSPS) is 10.6. The summed E-state index contributed by atoms with van der Waals surface area (Å²) in [5, 5.41) is 0. The number of carbonyl (C=O) groups excluding carboxylic acids is 1. The van der Waals surface area contributed by atoms with E-state index in [1.165, 1.54) is 4.57 Å². The van der Waals surface area contributed by atoms with Crippen molar-refractivity contribution in [1.82, 2.24) is 9.13 Å². The molecule has 0 saturated heterocycles. The number of nitrogens with zero attached hydrogens (tertiary/aromatic N) is 3. The molecular formula is C28H25N3O3. The fourth-order valence-corrected chi connectivity index (χ4v) is 3.95.